The fourth-order valence-corrected chi connectivity index (χ4v) is 3.59. The summed E-state index contributed by atoms with van der Waals surface area (Å²) in [4.78, 5) is 26.3. The maximum Gasteiger partial charge on any atom is 0.269 e. The standard InChI is InChI=1S/C20H18N4O6S/c1-14-12-16(24(26)27)7-10-18(14)30-13-20(25)22-15-5-8-17(9-6-15)31(28,29)23-19-4-2-3-11-21-19/h2-12H,13H2,1H3,(H,21,23)(H,22,25). The quantitative estimate of drug-likeness (QED) is 0.403. The molecule has 0 unspecified atom stereocenters. The van der Waals surface area contributed by atoms with Gasteiger partial charge in [0.15, 0.2) is 6.61 Å². The van der Waals surface area contributed by atoms with Crippen LogP contribution in [0, 0.1) is 17.0 Å². The molecule has 0 spiro atoms. The Morgan fingerprint density at radius 1 is 1.13 bits per heavy atom. The Morgan fingerprint density at radius 3 is 2.48 bits per heavy atom. The number of aromatic nitrogens is 1. The van der Waals surface area contributed by atoms with Gasteiger partial charge >= 0.3 is 0 Å². The van der Waals surface area contributed by atoms with Gasteiger partial charge in [-0.2, -0.15) is 0 Å². The molecule has 3 aromatic rings. The highest BCUT2D eigenvalue weighted by Crippen LogP contribution is 2.23. The average Bonchev–Trinajstić information content (AvgIpc) is 2.73. The van der Waals surface area contributed by atoms with Gasteiger partial charge in [0.1, 0.15) is 11.6 Å². The minimum Gasteiger partial charge on any atom is -0.483 e. The van der Waals surface area contributed by atoms with E-state index < -0.39 is 20.9 Å². The van der Waals surface area contributed by atoms with Crippen LogP contribution in [0.5, 0.6) is 5.75 Å². The zero-order valence-corrected chi connectivity index (χ0v) is 17.1. The number of nitrogens with one attached hydrogen (secondary N) is 2. The number of nitrogens with zero attached hydrogens (tertiary/aromatic N) is 2. The lowest BCUT2D eigenvalue weighted by Gasteiger charge is -2.10. The summed E-state index contributed by atoms with van der Waals surface area (Å²) in [6.45, 7) is 1.32. The molecule has 10 nitrogen and oxygen atoms in total. The van der Waals surface area contributed by atoms with E-state index in [1.165, 1.54) is 54.7 Å². The number of pyridine rings is 1. The molecule has 0 aliphatic rings. The smallest absolute Gasteiger partial charge is 0.269 e. The van der Waals surface area contributed by atoms with E-state index in [2.05, 4.69) is 15.0 Å². The number of carbonyl (C=O) groups is 1. The highest BCUT2D eigenvalue weighted by atomic mass is 32.2. The molecule has 0 aliphatic carbocycles. The van der Waals surface area contributed by atoms with Crippen LogP contribution in [0.3, 0.4) is 0 Å². The van der Waals surface area contributed by atoms with Crippen molar-refractivity contribution in [1.29, 1.82) is 0 Å². The van der Waals surface area contributed by atoms with Crippen molar-refractivity contribution in [3.8, 4) is 5.75 Å². The lowest BCUT2D eigenvalue weighted by atomic mass is 10.2. The Kier molecular flexibility index (Phi) is 6.46. The van der Waals surface area contributed by atoms with Gasteiger partial charge in [-0.25, -0.2) is 13.4 Å². The van der Waals surface area contributed by atoms with Gasteiger partial charge in [0, 0.05) is 24.0 Å². The molecule has 31 heavy (non-hydrogen) atoms. The number of aryl methyl sites for hydroxylation is 1. The van der Waals surface area contributed by atoms with Crippen LogP contribution in [0.25, 0.3) is 0 Å². The van der Waals surface area contributed by atoms with Crippen LogP contribution in [-0.4, -0.2) is 30.8 Å². The summed E-state index contributed by atoms with van der Waals surface area (Å²) in [5.74, 6) is 0.0707. The van der Waals surface area contributed by atoms with Gasteiger partial charge in [-0.3, -0.25) is 19.6 Å². The second kappa shape index (κ2) is 9.22. The SMILES string of the molecule is Cc1cc([N+](=O)[O-])ccc1OCC(=O)Nc1ccc(S(=O)(=O)Nc2ccccn2)cc1. The van der Waals surface area contributed by atoms with Gasteiger partial charge in [-0.05, 0) is 55.0 Å². The van der Waals surface area contributed by atoms with Crippen molar-refractivity contribution in [3.63, 3.8) is 0 Å². The highest BCUT2D eigenvalue weighted by molar-refractivity contribution is 7.92. The van der Waals surface area contributed by atoms with Crippen LogP contribution in [0.4, 0.5) is 17.2 Å². The van der Waals surface area contributed by atoms with Crippen molar-refractivity contribution >= 4 is 33.1 Å². The van der Waals surface area contributed by atoms with Crippen molar-refractivity contribution in [1.82, 2.24) is 4.98 Å². The molecule has 1 amide bonds. The summed E-state index contributed by atoms with van der Waals surface area (Å²) >= 11 is 0. The van der Waals surface area contributed by atoms with E-state index in [-0.39, 0.29) is 23.0 Å². The van der Waals surface area contributed by atoms with Crippen LogP contribution in [0.2, 0.25) is 0 Å². The molecule has 0 saturated carbocycles. The molecule has 1 aromatic heterocycles. The Bertz CT molecular complexity index is 1200. The number of hydrogen-bond donors (Lipinski definition) is 2. The van der Waals surface area contributed by atoms with Crippen molar-refractivity contribution in [2.24, 2.45) is 0 Å². The Labute approximate surface area is 178 Å². The molecule has 2 aromatic carbocycles. The number of hydrogen-bond acceptors (Lipinski definition) is 7. The predicted molar refractivity (Wildman–Crippen MR) is 113 cm³/mol. The van der Waals surface area contributed by atoms with E-state index in [9.17, 15) is 23.3 Å². The van der Waals surface area contributed by atoms with Crippen molar-refractivity contribution in [2.45, 2.75) is 11.8 Å². The summed E-state index contributed by atoms with van der Waals surface area (Å²) < 4.78 is 32.5. The second-order valence-corrected chi connectivity index (χ2v) is 8.07. The lowest BCUT2D eigenvalue weighted by molar-refractivity contribution is -0.384. The van der Waals surface area contributed by atoms with Gasteiger partial charge < -0.3 is 10.1 Å². The number of non-ortho nitro benzene ring substituents is 1. The number of sulfonamides is 1. The van der Waals surface area contributed by atoms with Gasteiger partial charge in [-0.1, -0.05) is 6.07 Å². The molecule has 0 aliphatic heterocycles. The summed E-state index contributed by atoms with van der Waals surface area (Å²) in [5.41, 5.74) is 0.838. The van der Waals surface area contributed by atoms with E-state index in [0.29, 0.717) is 17.0 Å². The second-order valence-electron chi connectivity index (χ2n) is 6.39. The fraction of sp³-hybridized carbons (Fsp3) is 0.100. The largest absolute Gasteiger partial charge is 0.483 e. The van der Waals surface area contributed by atoms with Crippen LogP contribution in [-0.2, 0) is 14.8 Å². The maximum atomic E-state index is 12.4. The molecular weight excluding hydrogens is 424 g/mol. The normalized spacial score (nSPS) is 10.9. The van der Waals surface area contributed by atoms with E-state index in [0.717, 1.165) is 0 Å². The molecule has 1 heterocycles. The minimum atomic E-state index is -3.82. The average molecular weight is 442 g/mol. The van der Waals surface area contributed by atoms with Crippen LogP contribution < -0.4 is 14.8 Å². The van der Waals surface area contributed by atoms with E-state index in [4.69, 9.17) is 4.74 Å². The fourth-order valence-electron chi connectivity index (χ4n) is 2.59. The molecule has 160 valence electrons. The number of nitro groups is 1. The van der Waals surface area contributed by atoms with E-state index >= 15 is 0 Å². The van der Waals surface area contributed by atoms with Gasteiger partial charge in [0.05, 0.1) is 9.82 Å². The van der Waals surface area contributed by atoms with Crippen LogP contribution in [0.1, 0.15) is 5.56 Å². The number of anilines is 2. The maximum absolute atomic E-state index is 12.4. The lowest BCUT2D eigenvalue weighted by Crippen LogP contribution is -2.20. The first-order valence-corrected chi connectivity index (χ1v) is 10.4. The third-order valence-corrected chi connectivity index (χ3v) is 5.45. The highest BCUT2D eigenvalue weighted by Gasteiger charge is 2.15. The van der Waals surface area contributed by atoms with Gasteiger partial charge in [0.2, 0.25) is 0 Å². The van der Waals surface area contributed by atoms with E-state index in [1.54, 1.807) is 19.1 Å². The Hall–Kier alpha value is -3.99. The predicted octanol–water partition coefficient (Wildman–Crippen LogP) is 3.12. The van der Waals surface area contributed by atoms with Crippen LogP contribution in [0.15, 0.2) is 71.8 Å². The molecule has 0 bridgehead atoms. The first-order chi connectivity index (χ1) is 14.7. The first kappa shape index (κ1) is 21.7. The Morgan fingerprint density at radius 2 is 1.87 bits per heavy atom. The topological polar surface area (TPSA) is 141 Å². The van der Waals surface area contributed by atoms with Gasteiger partial charge in [-0.15, -0.1) is 0 Å². The molecule has 3 rings (SSSR count). The number of rotatable bonds is 8. The molecule has 0 atom stereocenters. The van der Waals surface area contributed by atoms with Crippen molar-refractivity contribution < 1.29 is 22.9 Å². The summed E-state index contributed by atoms with van der Waals surface area (Å²) in [7, 11) is -3.82. The minimum absolute atomic E-state index is 0.00825. The Balaban J connectivity index is 1.58. The molecule has 0 fully saturated rings. The molecule has 11 heteroatoms. The van der Waals surface area contributed by atoms with Crippen LogP contribution >= 0.6 is 0 Å². The van der Waals surface area contributed by atoms with Crippen molar-refractivity contribution in [3.05, 3.63) is 82.5 Å². The summed E-state index contributed by atoms with van der Waals surface area (Å²) in [6, 6.07) is 14.5. The summed E-state index contributed by atoms with van der Waals surface area (Å²) in [6.07, 6.45) is 1.47. The number of ether oxygens (including phenoxy) is 1. The monoisotopic (exact) mass is 442 g/mol. The number of carbonyl (C=O) groups excluding carboxylic acids is 1. The number of nitro benzene ring substituents is 1. The number of benzene rings is 2. The van der Waals surface area contributed by atoms with Gasteiger partial charge in [0.25, 0.3) is 21.6 Å². The van der Waals surface area contributed by atoms with Crippen molar-refractivity contribution in [2.75, 3.05) is 16.6 Å². The molecule has 0 radical (unpaired) electrons. The number of amides is 1. The molecular formula is C20H18N4O6S. The third kappa shape index (κ3) is 5.76. The first-order valence-electron chi connectivity index (χ1n) is 8.96. The molecule has 2 N–H and O–H groups in total. The van der Waals surface area contributed by atoms with E-state index in [1.807, 2.05) is 0 Å². The third-order valence-electron chi connectivity index (χ3n) is 4.08. The molecule has 0 saturated heterocycles. The zero-order valence-electron chi connectivity index (χ0n) is 16.3. The summed E-state index contributed by atoms with van der Waals surface area (Å²) in [5, 5.41) is 13.4. The zero-order chi connectivity index (χ0) is 22.4.